The number of anilines is 6. The maximum atomic E-state index is 13.8. The molecule has 0 saturated carbocycles. The van der Waals surface area contributed by atoms with Crippen LogP contribution in [0.3, 0.4) is 0 Å². The van der Waals surface area contributed by atoms with Crippen LogP contribution in [0.4, 0.5) is 34.1 Å². The van der Waals surface area contributed by atoms with Crippen LogP contribution in [-0.4, -0.2) is 153 Å². The quantitative estimate of drug-likeness (QED) is 0.0112. The van der Waals surface area contributed by atoms with E-state index in [2.05, 4.69) is 142 Å². The number of carboxylic acid groups (broad SMARTS) is 1. The Morgan fingerprint density at radius 1 is 0.376 bits per heavy atom. The van der Waals surface area contributed by atoms with Crippen LogP contribution < -0.4 is 47.0 Å². The number of carboxylic acids is 1. The van der Waals surface area contributed by atoms with Crippen molar-refractivity contribution in [2.24, 2.45) is 0 Å². The van der Waals surface area contributed by atoms with Crippen molar-refractivity contribution in [1.82, 2.24) is 30.9 Å². The molecule has 8 aromatic carbocycles. The summed E-state index contributed by atoms with van der Waals surface area (Å²) < 4.78 is 21.8. The van der Waals surface area contributed by atoms with Crippen molar-refractivity contribution >= 4 is 93.0 Å². The van der Waals surface area contributed by atoms with Gasteiger partial charge in [0.15, 0.2) is 0 Å². The zero-order valence-electron chi connectivity index (χ0n) is 75.7. The van der Waals surface area contributed by atoms with Gasteiger partial charge in [-0.3, -0.25) is 43.7 Å². The Balaban J connectivity index is 0.000000160. The lowest BCUT2D eigenvalue weighted by Gasteiger charge is -2.29. The van der Waals surface area contributed by atoms with Gasteiger partial charge in [-0.15, -0.1) is 11.6 Å². The van der Waals surface area contributed by atoms with E-state index in [1.807, 2.05) is 91.0 Å². The molecule has 3 aliphatic heterocycles. The zero-order valence-corrected chi connectivity index (χ0v) is 77.3. The number of rotatable bonds is 34. The van der Waals surface area contributed by atoms with Gasteiger partial charge in [-0.2, -0.15) is 11.8 Å². The monoisotopic (exact) mass is 1830 g/mol. The van der Waals surface area contributed by atoms with E-state index in [1.54, 1.807) is 60.7 Å². The minimum absolute atomic E-state index is 0.0127. The number of nitrogens with one attached hydrogen (secondary N) is 5. The van der Waals surface area contributed by atoms with E-state index in [1.165, 1.54) is 71.2 Å². The van der Waals surface area contributed by atoms with E-state index in [0.717, 1.165) is 179 Å². The summed E-state index contributed by atoms with van der Waals surface area (Å²) in [6.07, 6.45) is 24.9. The number of nitrogens with two attached hydrogens (primary N) is 1. The number of carbonyl (C=O) groups excluding carboxylic acids is 5. The lowest BCUT2D eigenvalue weighted by molar-refractivity contribution is -0.138. The fourth-order valence-corrected chi connectivity index (χ4v) is 19.3. The highest BCUT2D eigenvalue weighted by Crippen LogP contribution is 2.40. The number of fused-ring (bicyclic) bond motifs is 3. The number of hydrogen-bond donors (Lipinski definition) is 7. The highest BCUT2D eigenvalue weighted by molar-refractivity contribution is 7.98. The van der Waals surface area contributed by atoms with Crippen LogP contribution in [0, 0.1) is 0 Å². The van der Waals surface area contributed by atoms with E-state index in [-0.39, 0.29) is 60.7 Å². The number of ether oxygens (including phenoxy) is 4. The third-order valence-electron chi connectivity index (χ3n) is 25.4. The highest BCUT2D eigenvalue weighted by atomic mass is 35.5. The Bertz CT molecular complexity index is 5780. The maximum Gasteiger partial charge on any atom is 0.305 e. The van der Waals surface area contributed by atoms with Gasteiger partial charge >= 0.3 is 5.97 Å². The number of halogens is 1. The Hall–Kier alpha value is -12.3. The Morgan fingerprint density at radius 3 is 1.15 bits per heavy atom. The molecule has 8 N–H and O–H groups in total. The highest BCUT2D eigenvalue weighted by Gasteiger charge is 2.29. The van der Waals surface area contributed by atoms with Crippen LogP contribution in [0.25, 0.3) is 33.8 Å². The molecule has 3 saturated heterocycles. The maximum absolute atomic E-state index is 13.8. The summed E-state index contributed by atoms with van der Waals surface area (Å²) in [5, 5.41) is 24.6. The topological polar surface area (TPSA) is 294 Å². The van der Waals surface area contributed by atoms with Crippen molar-refractivity contribution in [2.45, 2.75) is 152 Å². The standard InChI is InChI=1S/C46H56N4O8S.C35H35ClN4O2.C27H30N4O/c51-44(52)17-21-55-22-23-56-24-25-57-26-27-58-28-29-59-33-34-8-6-11-36(30-34)45(53)49-42-15-14-38(50-19-4-1-5-20-50)32-40(42)43-31-37(16-18-47-43)46(54)48-41-13-7-10-35-9-2-3-12-39(35)41;36-23-24-8-6-11-26(20-24)34(41)39-32-15-14-28(40-18-4-1-5-19-40)22-30(32)33-21-27(16-17-37-33)35(42)38-31-13-7-10-25-9-2-3-12-29(25)31;28-24-12-11-21(31-15-4-1-5-16-31)18-23(24)26-17-20(13-14-29-26)27(32)30-25-10-6-8-19-7-2-3-9-22(19)25/h2-3,6,8-9,11-12,14-16,18,30-32,41H,1,4-5,7,10,13,17,19-29,33H2,(H,48,54)(H,49,53)(H,51,52);2-3,6,8-9,11-12,14-17,20-22,31H,1,4-5,7,10,13,18-19,23H2,(H,38,42)(H,39,41);2-3,7,9,11-14,17-18,25H,1,4-6,8,10,15-16,28H2,(H,30,32). The summed E-state index contributed by atoms with van der Waals surface area (Å²) >= 11 is 7.74. The van der Waals surface area contributed by atoms with E-state index >= 15 is 0 Å². The number of alkyl halides is 1. The Morgan fingerprint density at radius 2 is 0.737 bits per heavy atom. The number of pyridine rings is 3. The van der Waals surface area contributed by atoms with Crippen molar-refractivity contribution in [1.29, 1.82) is 0 Å². The fourth-order valence-electron chi connectivity index (χ4n) is 18.3. The third-order valence-corrected chi connectivity index (χ3v) is 26.7. The first-order valence-corrected chi connectivity index (χ1v) is 48.9. The number of aromatic nitrogens is 3. The second-order valence-electron chi connectivity index (χ2n) is 34.6. The summed E-state index contributed by atoms with van der Waals surface area (Å²) in [7, 11) is 0. The minimum Gasteiger partial charge on any atom is -0.481 e. The van der Waals surface area contributed by atoms with Crippen molar-refractivity contribution in [3.8, 4) is 33.8 Å². The van der Waals surface area contributed by atoms with E-state index in [9.17, 15) is 28.8 Å². The summed E-state index contributed by atoms with van der Waals surface area (Å²) in [5.74, 6) is 0.212. The first kappa shape index (κ1) is 95.3. The SMILES string of the molecule is Nc1ccc(N2CCCCC2)cc1-c1cc(C(=O)NC2CCCc3ccccc32)ccn1.O=C(Nc1ccc(N2CCCCC2)cc1-c1cc(C(=O)NC2CCCc3ccccc32)ccn1)c1cccc(CCl)c1.O=C(O)CCOCCOCCOCCOCCSCc1cccc(C(=O)Nc2ccc(N3CCCCC3)cc2-c2cc(C(=O)NC3CCCc4ccccc43)ccn2)c1. The normalized spacial score (nSPS) is 16.2. The molecule has 692 valence electrons. The number of aliphatic carboxylic acids is 1. The van der Waals surface area contributed by atoms with E-state index in [4.69, 9.17) is 46.4 Å². The Kier molecular flexibility index (Phi) is 35.1. The second kappa shape index (κ2) is 48.9. The predicted molar refractivity (Wildman–Crippen MR) is 530 cm³/mol. The zero-order chi connectivity index (χ0) is 91.9. The van der Waals surface area contributed by atoms with Crippen molar-refractivity contribution in [3.63, 3.8) is 0 Å². The fraction of sp³-hybridized carbons (Fsp3) is 0.361. The third kappa shape index (κ3) is 26.8. The van der Waals surface area contributed by atoms with Crippen molar-refractivity contribution < 1.29 is 52.8 Å². The van der Waals surface area contributed by atoms with Gasteiger partial charge in [0.05, 0.1) is 106 Å². The molecule has 0 bridgehead atoms. The number of piperidine rings is 3. The lowest BCUT2D eigenvalue weighted by atomic mass is 9.87. The molecule has 3 aliphatic carbocycles. The predicted octanol–water partition coefficient (Wildman–Crippen LogP) is 20.2. The molecular formula is C108H121ClN12O11S. The molecule has 6 aliphatic rings. The summed E-state index contributed by atoms with van der Waals surface area (Å²) in [6.45, 7) is 9.43. The molecule has 11 aromatic rings. The number of hydrogen-bond acceptors (Lipinski definition) is 18. The van der Waals surface area contributed by atoms with Gasteiger partial charge in [-0.1, -0.05) is 97.1 Å². The minimum atomic E-state index is -0.879. The van der Waals surface area contributed by atoms with Gasteiger partial charge in [0, 0.05) is 143 Å². The van der Waals surface area contributed by atoms with Crippen LogP contribution in [0.2, 0.25) is 0 Å². The van der Waals surface area contributed by atoms with E-state index in [0.29, 0.717) is 108 Å². The van der Waals surface area contributed by atoms with Crippen LogP contribution >= 0.6 is 23.4 Å². The average molecular weight is 1830 g/mol. The number of amides is 5. The molecule has 3 aromatic heterocycles. The van der Waals surface area contributed by atoms with Gasteiger partial charge in [0.1, 0.15) is 0 Å². The van der Waals surface area contributed by atoms with Crippen molar-refractivity contribution in [2.75, 3.05) is 129 Å². The van der Waals surface area contributed by atoms with Crippen LogP contribution in [0.15, 0.2) is 231 Å². The van der Waals surface area contributed by atoms with Gasteiger partial charge in [-0.05, 0) is 275 Å². The molecule has 3 unspecified atom stereocenters. The second-order valence-corrected chi connectivity index (χ2v) is 36.0. The largest absolute Gasteiger partial charge is 0.481 e. The molecule has 5 amide bonds. The van der Waals surface area contributed by atoms with Crippen molar-refractivity contribution in [3.05, 3.63) is 303 Å². The van der Waals surface area contributed by atoms with Gasteiger partial charge in [0.2, 0.25) is 0 Å². The summed E-state index contributed by atoms with van der Waals surface area (Å²) in [6, 6.07) is 69.2. The molecule has 25 heteroatoms. The Labute approximate surface area is 789 Å². The van der Waals surface area contributed by atoms with Crippen LogP contribution in [0.1, 0.15) is 217 Å². The number of nitrogen functional groups attached to an aromatic ring is 1. The molecule has 3 fully saturated rings. The molecule has 23 nitrogen and oxygen atoms in total. The molecule has 17 rings (SSSR count). The molecule has 0 spiro atoms. The molecule has 3 atom stereocenters. The first-order chi connectivity index (χ1) is 65.2. The molecule has 0 radical (unpaired) electrons. The number of nitrogens with zero attached hydrogens (tertiary/aromatic N) is 6. The first-order valence-electron chi connectivity index (χ1n) is 47.2. The molecule has 133 heavy (non-hydrogen) atoms. The van der Waals surface area contributed by atoms with Crippen LogP contribution in [-0.2, 0) is 54.6 Å². The smallest absolute Gasteiger partial charge is 0.305 e. The number of thioether (sulfide) groups is 1. The van der Waals surface area contributed by atoms with Gasteiger partial charge in [0.25, 0.3) is 29.5 Å². The summed E-state index contributed by atoms with van der Waals surface area (Å²) in [4.78, 5) is 98.9. The number of benzene rings is 8. The molecular weight excluding hydrogens is 1710 g/mol. The lowest BCUT2D eigenvalue weighted by Crippen LogP contribution is -2.31. The van der Waals surface area contributed by atoms with Gasteiger partial charge < -0.3 is 71.1 Å². The van der Waals surface area contributed by atoms with E-state index < -0.39 is 5.97 Å². The number of carbonyl (C=O) groups is 6. The van der Waals surface area contributed by atoms with Gasteiger partial charge in [-0.25, -0.2) is 0 Å². The van der Waals surface area contributed by atoms with Crippen LogP contribution in [0.5, 0.6) is 0 Å². The molecule has 6 heterocycles. The number of aryl methyl sites for hydroxylation is 3. The summed E-state index contributed by atoms with van der Waals surface area (Å²) in [5.41, 5.74) is 28.3. The average Bonchev–Trinajstić information content (AvgIpc) is 0.795.